The molecule has 0 saturated heterocycles. The van der Waals surface area contributed by atoms with E-state index in [0.717, 1.165) is 25.9 Å². The highest BCUT2D eigenvalue weighted by molar-refractivity contribution is 14.1. The van der Waals surface area contributed by atoms with Gasteiger partial charge in [-0.05, 0) is 52.4 Å². The van der Waals surface area contributed by atoms with Crippen LogP contribution in [0, 0.1) is 10.8 Å². The molecule has 2 atom stereocenters. The van der Waals surface area contributed by atoms with Crippen LogP contribution in [-0.2, 0) is 9.53 Å². The minimum Gasteiger partial charge on any atom is -0.375 e. The molecule has 0 spiro atoms. The quantitative estimate of drug-likeness (QED) is 0.194. The predicted molar refractivity (Wildman–Crippen MR) is 136 cm³/mol. The predicted octanol–water partition coefficient (Wildman–Crippen LogP) is 6.77. The van der Waals surface area contributed by atoms with Crippen molar-refractivity contribution in [3.8, 4) is 0 Å². The van der Waals surface area contributed by atoms with Crippen LogP contribution < -0.4 is 5.32 Å². The molecule has 0 aromatic carbocycles. The van der Waals surface area contributed by atoms with Gasteiger partial charge >= 0.3 is 0 Å². The van der Waals surface area contributed by atoms with Crippen molar-refractivity contribution in [2.45, 2.75) is 122 Å². The lowest BCUT2D eigenvalue weighted by atomic mass is 9.78. The lowest BCUT2D eigenvalue weighted by molar-refractivity contribution is -0.132. The normalized spacial score (nSPS) is 16.6. The maximum absolute atomic E-state index is 13.0. The second-order valence-corrected chi connectivity index (χ2v) is 16.6. The lowest BCUT2D eigenvalue weighted by Gasteiger charge is -2.46. The average Bonchev–Trinajstić information content (AvgIpc) is 2.30. The fourth-order valence-corrected chi connectivity index (χ4v) is 5.11. The fraction of sp³-hybridized carbons (Fsp3) is 0.957. The maximum atomic E-state index is 13.0. The number of hydrogen-bond donors (Lipinski definition) is 1. The van der Waals surface area contributed by atoms with Crippen LogP contribution in [0.3, 0.4) is 0 Å². The summed E-state index contributed by atoms with van der Waals surface area (Å²) in [4.78, 5) is 13.0. The molecule has 5 heteroatoms. The zero-order valence-corrected chi connectivity index (χ0v) is 23.9. The Morgan fingerprint density at radius 3 is 1.75 bits per heavy atom. The van der Waals surface area contributed by atoms with E-state index in [9.17, 15) is 4.79 Å². The molecular weight excluding hydrogens is 480 g/mol. The highest BCUT2D eigenvalue weighted by atomic mass is 127. The van der Waals surface area contributed by atoms with Gasteiger partial charge in [0.2, 0.25) is 5.91 Å². The number of amides is 1. The number of hydrogen-bond acceptors (Lipinski definition) is 2. The van der Waals surface area contributed by atoms with Crippen molar-refractivity contribution in [3.05, 3.63) is 0 Å². The average molecular weight is 528 g/mol. The van der Waals surface area contributed by atoms with Crippen molar-refractivity contribution >= 4 is 37.7 Å². The smallest absolute Gasteiger partial charge is 0.226 e. The summed E-state index contributed by atoms with van der Waals surface area (Å²) in [6, 6.07) is 0. The third-order valence-electron chi connectivity index (χ3n) is 5.43. The van der Waals surface area contributed by atoms with E-state index >= 15 is 0 Å². The van der Waals surface area contributed by atoms with E-state index in [1.807, 2.05) is 13.8 Å². The minimum absolute atomic E-state index is 0.0841. The first-order valence-electron chi connectivity index (χ1n) is 10.4. The minimum atomic E-state index is -0.405. The van der Waals surface area contributed by atoms with Crippen molar-refractivity contribution in [2.75, 3.05) is 6.61 Å². The summed E-state index contributed by atoms with van der Waals surface area (Å²) in [6.45, 7) is 26.6. The highest BCUT2D eigenvalue weighted by Crippen LogP contribution is 2.42. The zero-order valence-electron chi connectivity index (χ0n) is 20.6. The van der Waals surface area contributed by atoms with E-state index in [-0.39, 0.29) is 31.0 Å². The molecule has 0 aliphatic rings. The van der Waals surface area contributed by atoms with Gasteiger partial charge in [0.1, 0.15) is 0 Å². The van der Waals surface area contributed by atoms with Crippen LogP contribution in [0.5, 0.6) is 0 Å². The van der Waals surface area contributed by atoms with Crippen LogP contribution in [0.4, 0.5) is 0 Å². The van der Waals surface area contributed by atoms with Gasteiger partial charge in [0.05, 0.1) is 5.60 Å². The summed E-state index contributed by atoms with van der Waals surface area (Å²) in [7, 11) is 3.00. The van der Waals surface area contributed by atoms with Gasteiger partial charge < -0.3 is 10.1 Å². The molecule has 0 aromatic rings. The van der Waals surface area contributed by atoms with Gasteiger partial charge in [0, 0.05) is 26.1 Å². The third-order valence-corrected chi connectivity index (χ3v) is 6.71. The molecule has 2 unspecified atom stereocenters. The van der Waals surface area contributed by atoms with Crippen LogP contribution in [0.2, 0.25) is 0 Å². The molecule has 0 saturated carbocycles. The van der Waals surface area contributed by atoms with Crippen molar-refractivity contribution in [2.24, 2.45) is 10.8 Å². The number of ether oxygens (including phenoxy) is 1. The molecule has 3 nitrogen and oxygen atoms in total. The molecule has 0 rings (SSSR count). The van der Waals surface area contributed by atoms with Crippen molar-refractivity contribution in [1.82, 2.24) is 5.32 Å². The van der Waals surface area contributed by atoms with Crippen molar-refractivity contribution < 1.29 is 9.53 Å². The van der Waals surface area contributed by atoms with Gasteiger partial charge in [-0.1, -0.05) is 78.0 Å². The summed E-state index contributed by atoms with van der Waals surface area (Å²) in [5.74, 6) is 0.120. The molecule has 1 N–H and O–H groups in total. The Bertz CT molecular complexity index is 526. The number of carbonyl (C=O) groups is 1. The van der Waals surface area contributed by atoms with E-state index in [1.54, 1.807) is 0 Å². The van der Waals surface area contributed by atoms with Crippen molar-refractivity contribution in [3.63, 3.8) is 0 Å². The van der Waals surface area contributed by atoms with E-state index < -0.39 is 5.41 Å². The Morgan fingerprint density at radius 1 is 0.893 bits per heavy atom. The number of nitrogens with one attached hydrogen (secondary N) is 1. The number of halogens is 1. The van der Waals surface area contributed by atoms with Gasteiger partial charge in [-0.15, -0.1) is 9.24 Å². The largest absolute Gasteiger partial charge is 0.375 e. The SMILES string of the molecule is CC(C)(C)CCOC(C)(C)C(C)(P)CC(C)(C)NC(=O)C(C)(C)CC(C)(C)I. The molecule has 0 aromatic heterocycles. The van der Waals surface area contributed by atoms with Crippen LogP contribution in [-0.4, -0.2) is 32.2 Å². The maximum Gasteiger partial charge on any atom is 0.226 e. The van der Waals surface area contributed by atoms with E-state index in [2.05, 4.69) is 106 Å². The zero-order chi connectivity index (χ0) is 22.8. The summed E-state index contributed by atoms with van der Waals surface area (Å²) in [6.07, 6.45) is 2.67. The Hall–Kier alpha value is 0.590. The Morgan fingerprint density at radius 2 is 1.36 bits per heavy atom. The van der Waals surface area contributed by atoms with Crippen LogP contribution >= 0.6 is 31.8 Å². The van der Waals surface area contributed by atoms with Gasteiger partial charge in [0.25, 0.3) is 0 Å². The van der Waals surface area contributed by atoms with Gasteiger partial charge in [0.15, 0.2) is 0 Å². The van der Waals surface area contributed by atoms with E-state index in [0.29, 0.717) is 0 Å². The molecule has 168 valence electrons. The molecule has 1 amide bonds. The van der Waals surface area contributed by atoms with Crippen molar-refractivity contribution in [1.29, 1.82) is 0 Å². The molecule has 0 bridgehead atoms. The molecule has 0 heterocycles. The first kappa shape index (κ1) is 28.6. The highest BCUT2D eigenvalue weighted by Gasteiger charge is 2.44. The van der Waals surface area contributed by atoms with Crippen LogP contribution in [0.15, 0.2) is 0 Å². The van der Waals surface area contributed by atoms with Crippen LogP contribution in [0.1, 0.15) is 102 Å². The monoisotopic (exact) mass is 527 g/mol. The first-order valence-corrected chi connectivity index (χ1v) is 12.1. The Kier molecular flexibility index (Phi) is 9.58. The number of rotatable bonds is 10. The second-order valence-electron chi connectivity index (χ2n) is 12.4. The summed E-state index contributed by atoms with van der Waals surface area (Å²) < 4.78 is 6.40. The third kappa shape index (κ3) is 10.6. The second kappa shape index (κ2) is 9.39. The first-order chi connectivity index (χ1) is 12.0. The fourth-order valence-electron chi connectivity index (χ4n) is 3.56. The lowest BCUT2D eigenvalue weighted by Crippen LogP contribution is -2.56. The topological polar surface area (TPSA) is 38.3 Å². The summed E-state index contributed by atoms with van der Waals surface area (Å²) in [5, 5.41) is 3.14. The van der Waals surface area contributed by atoms with Crippen LogP contribution in [0.25, 0.3) is 0 Å². The van der Waals surface area contributed by atoms with E-state index in [1.165, 1.54) is 0 Å². The van der Waals surface area contributed by atoms with Gasteiger partial charge in [-0.25, -0.2) is 0 Å². The van der Waals surface area contributed by atoms with E-state index in [4.69, 9.17) is 4.74 Å². The summed E-state index contributed by atoms with van der Waals surface area (Å²) >= 11 is 2.42. The number of carbonyl (C=O) groups excluding carboxylic acids is 1. The molecular formula is C23H47INO2P. The summed E-state index contributed by atoms with van der Waals surface area (Å²) in [5.41, 5.74) is -0.786. The standard InChI is InChI=1S/C23H47INO2P/c1-18(2,3)13-14-27-22(10,11)23(12,28)16-21(8,9)25-17(26)19(4,5)15-20(6,7)24/h13-16,28H2,1-12H3,(H,25,26). The molecule has 0 radical (unpaired) electrons. The Balaban J connectivity index is 5.11. The molecule has 28 heavy (non-hydrogen) atoms. The Labute approximate surface area is 191 Å². The molecule has 0 fully saturated rings. The number of alkyl halides is 1. The van der Waals surface area contributed by atoms with Gasteiger partial charge in [-0.3, -0.25) is 4.79 Å². The van der Waals surface area contributed by atoms with Gasteiger partial charge in [-0.2, -0.15) is 0 Å². The molecule has 0 aliphatic carbocycles. The molecule has 0 aliphatic heterocycles.